The molecule has 4 rings (SSSR count). The lowest BCUT2D eigenvalue weighted by Crippen LogP contribution is -2.38. The van der Waals surface area contributed by atoms with Gasteiger partial charge in [-0.2, -0.15) is 10.5 Å². The zero-order valence-corrected chi connectivity index (χ0v) is 17.3. The Balaban J connectivity index is 2.07. The van der Waals surface area contributed by atoms with Gasteiger partial charge in [0.25, 0.3) is 5.56 Å². The van der Waals surface area contributed by atoms with E-state index in [9.17, 15) is 15.3 Å². The van der Waals surface area contributed by atoms with Crippen molar-refractivity contribution in [2.75, 3.05) is 0 Å². The molecular weight excluding hydrogens is 392 g/mol. The highest BCUT2D eigenvalue weighted by Gasteiger charge is 2.32. The van der Waals surface area contributed by atoms with Crippen LogP contribution in [0.1, 0.15) is 28.2 Å². The maximum Gasteiger partial charge on any atom is 0.274 e. The van der Waals surface area contributed by atoms with E-state index in [2.05, 4.69) is 12.1 Å². The molecule has 1 atom stereocenters. The molecule has 146 valence electrons. The molecule has 0 spiro atoms. The van der Waals surface area contributed by atoms with Gasteiger partial charge in [-0.05, 0) is 31.1 Å². The average Bonchev–Trinajstić information content (AvgIpc) is 3.04. The summed E-state index contributed by atoms with van der Waals surface area (Å²) in [5, 5.41) is 19.8. The van der Waals surface area contributed by atoms with Gasteiger partial charge in [-0.15, -0.1) is 11.3 Å². The van der Waals surface area contributed by atoms with Crippen LogP contribution in [0, 0.1) is 36.5 Å². The molecule has 0 fully saturated rings. The molecule has 1 aliphatic rings. The van der Waals surface area contributed by atoms with Gasteiger partial charge in [-0.1, -0.05) is 59.7 Å². The van der Waals surface area contributed by atoms with E-state index in [0.717, 1.165) is 22.3 Å². The van der Waals surface area contributed by atoms with Gasteiger partial charge in [0.05, 0.1) is 33.7 Å². The van der Waals surface area contributed by atoms with Crippen molar-refractivity contribution in [3.63, 3.8) is 0 Å². The fourth-order valence-corrected chi connectivity index (χ4v) is 4.87. The van der Waals surface area contributed by atoms with E-state index in [1.165, 1.54) is 15.9 Å². The Morgan fingerprint density at radius 2 is 1.70 bits per heavy atom. The van der Waals surface area contributed by atoms with E-state index < -0.39 is 5.92 Å². The molecule has 3 aromatic rings. The summed E-state index contributed by atoms with van der Waals surface area (Å²) in [4.78, 5) is 13.1. The number of aryl methyl sites for hydroxylation is 2. The Labute approximate surface area is 177 Å². The molecule has 0 amide bonds. The summed E-state index contributed by atoms with van der Waals surface area (Å²) < 4.78 is 2.24. The first-order valence-corrected chi connectivity index (χ1v) is 10.2. The number of thiazole rings is 1. The number of nitrogens with two attached hydrogens (primary N) is 1. The first-order valence-electron chi connectivity index (χ1n) is 9.36. The van der Waals surface area contributed by atoms with Crippen LogP contribution in [0.2, 0.25) is 0 Å². The first kappa shape index (κ1) is 19.4. The van der Waals surface area contributed by atoms with Gasteiger partial charge in [-0.3, -0.25) is 9.36 Å². The lowest BCUT2D eigenvalue weighted by molar-refractivity contribution is 0.905. The van der Waals surface area contributed by atoms with Gasteiger partial charge in [0.1, 0.15) is 10.5 Å². The van der Waals surface area contributed by atoms with Crippen molar-refractivity contribution < 1.29 is 0 Å². The van der Waals surface area contributed by atoms with E-state index in [0.29, 0.717) is 14.8 Å². The molecule has 2 N–H and O–H groups in total. The average molecular weight is 411 g/mol. The van der Waals surface area contributed by atoms with Crippen molar-refractivity contribution in [3.8, 4) is 12.1 Å². The standard InChI is InChI=1S/C24H18N4OS/c1-14-5-3-7-16(9-14)11-20-23(29)28-22(27)18(12-25)21(19(13-26)24(28)30-20)17-8-4-6-15(2)10-17/h3-11,21H,27H2,1-2H3. The van der Waals surface area contributed by atoms with E-state index in [-0.39, 0.29) is 17.0 Å². The summed E-state index contributed by atoms with van der Waals surface area (Å²) >= 11 is 1.23. The van der Waals surface area contributed by atoms with Crippen molar-refractivity contribution in [1.82, 2.24) is 4.57 Å². The SMILES string of the molecule is Cc1cccc(C=c2sc3n(c2=O)C(N)=C(C#N)C(c2cccc(C)c2)C=3C#N)c1. The van der Waals surface area contributed by atoms with Gasteiger partial charge in [0, 0.05) is 0 Å². The fraction of sp³-hybridized carbons (Fsp3) is 0.125. The lowest BCUT2D eigenvalue weighted by atomic mass is 9.84. The van der Waals surface area contributed by atoms with Crippen LogP contribution in [0.25, 0.3) is 17.5 Å². The quantitative estimate of drug-likeness (QED) is 0.702. The van der Waals surface area contributed by atoms with E-state index in [1.807, 2.05) is 62.4 Å². The van der Waals surface area contributed by atoms with Crippen molar-refractivity contribution in [3.05, 3.63) is 95.9 Å². The van der Waals surface area contributed by atoms with Gasteiger partial charge in [0.15, 0.2) is 0 Å². The maximum absolute atomic E-state index is 13.1. The largest absolute Gasteiger partial charge is 0.384 e. The minimum absolute atomic E-state index is 0.0862. The van der Waals surface area contributed by atoms with Crippen LogP contribution in [-0.2, 0) is 0 Å². The molecule has 30 heavy (non-hydrogen) atoms. The number of nitrogens with zero attached hydrogens (tertiary/aromatic N) is 3. The van der Waals surface area contributed by atoms with Crippen LogP contribution in [0.5, 0.6) is 0 Å². The van der Waals surface area contributed by atoms with E-state index in [1.54, 1.807) is 6.08 Å². The lowest BCUT2D eigenvalue weighted by Gasteiger charge is -2.22. The minimum Gasteiger partial charge on any atom is -0.384 e. The topological polar surface area (TPSA) is 95.6 Å². The molecule has 0 radical (unpaired) electrons. The molecule has 1 aromatic heterocycles. The van der Waals surface area contributed by atoms with Crippen molar-refractivity contribution >= 4 is 28.8 Å². The summed E-state index contributed by atoms with van der Waals surface area (Å²) in [5.41, 5.74) is 10.4. The maximum atomic E-state index is 13.1. The molecule has 0 saturated carbocycles. The zero-order chi connectivity index (χ0) is 21.4. The molecule has 1 unspecified atom stereocenters. The molecule has 0 bridgehead atoms. The molecular formula is C24H18N4OS. The number of benzene rings is 2. The van der Waals surface area contributed by atoms with Gasteiger partial charge >= 0.3 is 0 Å². The number of nitriles is 2. The number of allylic oxidation sites excluding steroid dienone is 1. The summed E-state index contributed by atoms with van der Waals surface area (Å²) in [7, 11) is 0. The van der Waals surface area contributed by atoms with Crippen LogP contribution in [0.15, 0.2) is 58.9 Å². The van der Waals surface area contributed by atoms with Crippen LogP contribution >= 0.6 is 11.3 Å². The number of rotatable bonds is 2. The van der Waals surface area contributed by atoms with Crippen molar-refractivity contribution in [2.45, 2.75) is 19.8 Å². The Bertz CT molecular complexity index is 1470. The Kier molecular flexibility index (Phi) is 4.87. The molecule has 6 heteroatoms. The summed E-state index contributed by atoms with van der Waals surface area (Å²) in [6.45, 7) is 3.94. The Hall–Kier alpha value is -3.87. The summed E-state index contributed by atoms with van der Waals surface area (Å²) in [6.07, 6.45) is 1.79. The smallest absolute Gasteiger partial charge is 0.274 e. The second kappa shape index (κ2) is 7.51. The van der Waals surface area contributed by atoms with Crippen molar-refractivity contribution in [2.24, 2.45) is 5.73 Å². The van der Waals surface area contributed by atoms with Gasteiger partial charge in [0.2, 0.25) is 0 Å². The third kappa shape index (κ3) is 3.14. The Morgan fingerprint density at radius 3 is 2.33 bits per heavy atom. The normalized spacial score (nSPS) is 16.2. The number of fused-ring (bicyclic) bond motifs is 1. The molecule has 5 nitrogen and oxygen atoms in total. The first-order chi connectivity index (χ1) is 14.4. The number of hydrogen-bond donors (Lipinski definition) is 1. The second-order valence-corrected chi connectivity index (χ2v) is 8.28. The van der Waals surface area contributed by atoms with Crippen LogP contribution < -0.4 is 20.5 Å². The van der Waals surface area contributed by atoms with Crippen LogP contribution in [0.4, 0.5) is 0 Å². The molecule has 1 aliphatic heterocycles. The summed E-state index contributed by atoms with van der Waals surface area (Å²) in [5.74, 6) is -0.507. The Morgan fingerprint density at radius 1 is 1.03 bits per heavy atom. The minimum atomic E-state index is -0.593. The van der Waals surface area contributed by atoms with Gasteiger partial charge in [-0.25, -0.2) is 0 Å². The number of aromatic nitrogens is 1. The highest BCUT2D eigenvalue weighted by Crippen LogP contribution is 2.35. The second-order valence-electron chi connectivity index (χ2n) is 7.25. The highest BCUT2D eigenvalue weighted by molar-refractivity contribution is 7.07. The third-order valence-electron chi connectivity index (χ3n) is 5.10. The highest BCUT2D eigenvalue weighted by atomic mass is 32.1. The molecule has 0 saturated heterocycles. The number of hydrogen-bond acceptors (Lipinski definition) is 5. The fourth-order valence-electron chi connectivity index (χ4n) is 3.75. The van der Waals surface area contributed by atoms with Crippen molar-refractivity contribution in [1.29, 1.82) is 10.5 Å². The predicted octanol–water partition coefficient (Wildman–Crippen LogP) is 2.48. The molecule has 2 aromatic carbocycles. The zero-order valence-electron chi connectivity index (χ0n) is 16.5. The van der Waals surface area contributed by atoms with Crippen LogP contribution in [-0.4, -0.2) is 4.57 Å². The summed E-state index contributed by atoms with van der Waals surface area (Å²) in [6, 6.07) is 19.8. The molecule has 0 aliphatic carbocycles. The monoisotopic (exact) mass is 410 g/mol. The van der Waals surface area contributed by atoms with E-state index >= 15 is 0 Å². The van der Waals surface area contributed by atoms with Gasteiger partial charge < -0.3 is 5.73 Å². The molecule has 2 heterocycles. The van der Waals surface area contributed by atoms with Crippen LogP contribution in [0.3, 0.4) is 0 Å². The predicted molar refractivity (Wildman–Crippen MR) is 119 cm³/mol. The van der Waals surface area contributed by atoms with E-state index in [4.69, 9.17) is 5.73 Å². The third-order valence-corrected chi connectivity index (χ3v) is 6.21.